The highest BCUT2D eigenvalue weighted by Crippen LogP contribution is 2.32. The zero-order chi connectivity index (χ0) is 20.1. The van der Waals surface area contributed by atoms with Crippen LogP contribution in [0.15, 0.2) is 53.5 Å². The van der Waals surface area contributed by atoms with Gasteiger partial charge in [0.25, 0.3) is 0 Å². The van der Waals surface area contributed by atoms with Crippen LogP contribution in [-0.4, -0.2) is 33.7 Å². The average molecular weight is 396 g/mol. The number of aliphatic imine (C=N–C) groups is 1. The van der Waals surface area contributed by atoms with Crippen LogP contribution in [0.4, 0.5) is 11.4 Å². The minimum Gasteiger partial charge on any atom is -0.326 e. The Balaban J connectivity index is 1.73. The Kier molecular flexibility index (Phi) is 6.52. The fourth-order valence-electron chi connectivity index (χ4n) is 3.01. The molecule has 1 fully saturated rings. The molecule has 2 aromatic rings. The lowest BCUT2D eigenvalue weighted by atomic mass is 10.1. The van der Waals surface area contributed by atoms with Gasteiger partial charge in [-0.25, -0.2) is 4.99 Å². The highest BCUT2D eigenvalue weighted by atomic mass is 32.2. The van der Waals surface area contributed by atoms with E-state index in [0.717, 1.165) is 28.9 Å². The van der Waals surface area contributed by atoms with E-state index in [1.54, 1.807) is 4.90 Å². The van der Waals surface area contributed by atoms with Crippen LogP contribution in [-0.2, 0) is 9.59 Å². The first-order chi connectivity index (χ1) is 13.5. The van der Waals surface area contributed by atoms with E-state index < -0.39 is 5.25 Å². The van der Waals surface area contributed by atoms with Crippen LogP contribution in [0, 0.1) is 13.8 Å². The summed E-state index contributed by atoms with van der Waals surface area (Å²) in [7, 11) is 0. The summed E-state index contributed by atoms with van der Waals surface area (Å²) < 4.78 is 0. The van der Waals surface area contributed by atoms with E-state index in [-0.39, 0.29) is 18.2 Å². The molecule has 0 spiro atoms. The Morgan fingerprint density at radius 2 is 1.93 bits per heavy atom. The number of para-hydroxylation sites is 1. The lowest BCUT2D eigenvalue weighted by molar-refractivity contribution is -0.128. The number of benzene rings is 2. The zero-order valence-corrected chi connectivity index (χ0v) is 17.3. The van der Waals surface area contributed by atoms with Crippen molar-refractivity contribution in [3.05, 3.63) is 59.7 Å². The number of thioether (sulfide) groups is 1. The average Bonchev–Trinajstić information content (AvgIpc) is 2.94. The molecule has 0 radical (unpaired) electrons. The lowest BCUT2D eigenvalue weighted by Gasteiger charge is -2.15. The number of carbonyl (C=O) groups excluding carboxylic acids is 2. The first-order valence-electron chi connectivity index (χ1n) is 9.47. The van der Waals surface area contributed by atoms with Gasteiger partial charge in [0.2, 0.25) is 11.8 Å². The number of hydrogen-bond acceptors (Lipinski definition) is 4. The smallest absolute Gasteiger partial charge is 0.242 e. The maximum absolute atomic E-state index is 12.8. The molecule has 146 valence electrons. The topological polar surface area (TPSA) is 61.8 Å². The van der Waals surface area contributed by atoms with E-state index in [1.807, 2.05) is 69.3 Å². The molecule has 0 saturated carbocycles. The Bertz CT molecular complexity index is 896. The Morgan fingerprint density at radius 3 is 2.64 bits per heavy atom. The van der Waals surface area contributed by atoms with Crippen LogP contribution < -0.4 is 5.32 Å². The van der Waals surface area contributed by atoms with E-state index in [1.165, 1.54) is 11.8 Å². The number of nitrogens with zero attached hydrogens (tertiary/aromatic N) is 2. The predicted molar refractivity (Wildman–Crippen MR) is 116 cm³/mol. The third-order valence-corrected chi connectivity index (χ3v) is 5.66. The van der Waals surface area contributed by atoms with Gasteiger partial charge in [-0.05, 0) is 49.6 Å². The molecule has 1 saturated heterocycles. The molecule has 1 atom stereocenters. The summed E-state index contributed by atoms with van der Waals surface area (Å²) in [5, 5.41) is 3.17. The molecule has 3 rings (SSSR count). The van der Waals surface area contributed by atoms with Gasteiger partial charge in [-0.3, -0.25) is 14.5 Å². The van der Waals surface area contributed by atoms with Gasteiger partial charge < -0.3 is 5.32 Å². The minimum absolute atomic E-state index is 0.0438. The van der Waals surface area contributed by atoms with E-state index in [2.05, 4.69) is 10.3 Å². The van der Waals surface area contributed by atoms with E-state index in [0.29, 0.717) is 11.7 Å². The lowest BCUT2D eigenvalue weighted by Crippen LogP contribution is -2.34. The molecule has 0 aliphatic carbocycles. The molecular formula is C22H25N3O2S. The summed E-state index contributed by atoms with van der Waals surface area (Å²) in [4.78, 5) is 31.8. The van der Waals surface area contributed by atoms with E-state index in [9.17, 15) is 9.59 Å². The number of amidine groups is 1. The molecule has 6 heteroatoms. The predicted octanol–water partition coefficient (Wildman–Crippen LogP) is 4.67. The summed E-state index contributed by atoms with van der Waals surface area (Å²) in [6.07, 6.45) is 0.965. The van der Waals surface area contributed by atoms with Crippen molar-refractivity contribution in [3.8, 4) is 0 Å². The van der Waals surface area contributed by atoms with Crippen LogP contribution in [0.5, 0.6) is 0 Å². The summed E-state index contributed by atoms with van der Waals surface area (Å²) in [6.45, 7) is 6.57. The quantitative estimate of drug-likeness (QED) is 0.773. The SMILES string of the molecule is CCCN1C(=O)[C@@H](CC(=O)Nc2cc(C)ccc2C)SC1=Nc1ccccc1. The Labute approximate surface area is 170 Å². The Morgan fingerprint density at radius 1 is 1.18 bits per heavy atom. The van der Waals surface area contributed by atoms with Crippen molar-refractivity contribution in [3.63, 3.8) is 0 Å². The van der Waals surface area contributed by atoms with Crippen molar-refractivity contribution in [1.29, 1.82) is 0 Å². The zero-order valence-electron chi connectivity index (χ0n) is 16.4. The molecule has 2 aromatic carbocycles. The third-order valence-electron chi connectivity index (χ3n) is 4.49. The van der Waals surface area contributed by atoms with Crippen molar-refractivity contribution < 1.29 is 9.59 Å². The molecule has 0 bridgehead atoms. The highest BCUT2D eigenvalue weighted by Gasteiger charge is 2.38. The van der Waals surface area contributed by atoms with Gasteiger partial charge in [-0.1, -0.05) is 49.0 Å². The number of rotatable bonds is 6. The van der Waals surface area contributed by atoms with Crippen molar-refractivity contribution in [2.45, 2.75) is 38.9 Å². The minimum atomic E-state index is -0.445. The molecule has 1 aliphatic rings. The fraction of sp³-hybridized carbons (Fsp3) is 0.318. The second-order valence-electron chi connectivity index (χ2n) is 6.90. The van der Waals surface area contributed by atoms with Crippen molar-refractivity contribution in [1.82, 2.24) is 4.90 Å². The van der Waals surface area contributed by atoms with Crippen LogP contribution in [0.2, 0.25) is 0 Å². The van der Waals surface area contributed by atoms with Crippen LogP contribution in [0.1, 0.15) is 30.9 Å². The molecule has 28 heavy (non-hydrogen) atoms. The number of amides is 2. The molecule has 5 nitrogen and oxygen atoms in total. The number of hydrogen-bond donors (Lipinski definition) is 1. The van der Waals surface area contributed by atoms with Crippen LogP contribution in [0.25, 0.3) is 0 Å². The van der Waals surface area contributed by atoms with Crippen LogP contribution in [0.3, 0.4) is 0 Å². The van der Waals surface area contributed by atoms with Crippen molar-refractivity contribution in [2.24, 2.45) is 4.99 Å². The summed E-state index contributed by atoms with van der Waals surface area (Å²) in [6, 6.07) is 15.5. The van der Waals surface area contributed by atoms with Gasteiger partial charge in [-0.2, -0.15) is 0 Å². The summed E-state index contributed by atoms with van der Waals surface area (Å²) in [5.74, 6) is -0.199. The molecule has 1 aliphatic heterocycles. The second kappa shape index (κ2) is 9.06. The van der Waals surface area contributed by atoms with Crippen molar-refractivity contribution in [2.75, 3.05) is 11.9 Å². The first kappa shape index (κ1) is 20.1. The van der Waals surface area contributed by atoms with E-state index in [4.69, 9.17) is 0 Å². The summed E-state index contributed by atoms with van der Waals surface area (Å²) >= 11 is 1.37. The molecule has 1 N–H and O–H groups in total. The molecule has 1 heterocycles. The number of aryl methyl sites for hydroxylation is 2. The van der Waals surface area contributed by atoms with E-state index >= 15 is 0 Å². The number of nitrogens with one attached hydrogen (secondary N) is 1. The molecular weight excluding hydrogens is 370 g/mol. The number of carbonyl (C=O) groups is 2. The van der Waals surface area contributed by atoms with Gasteiger partial charge >= 0.3 is 0 Å². The van der Waals surface area contributed by atoms with Gasteiger partial charge in [0.1, 0.15) is 5.25 Å². The Hall–Kier alpha value is -2.60. The monoisotopic (exact) mass is 395 g/mol. The number of anilines is 1. The standard InChI is InChI=1S/C22H25N3O2S/c1-4-12-25-21(27)19(28-22(25)23-17-8-6-5-7-9-17)14-20(26)24-18-13-15(2)10-11-16(18)3/h5-11,13,19H,4,12,14H2,1-3H3,(H,24,26)/t19-/m1/s1. The largest absolute Gasteiger partial charge is 0.326 e. The van der Waals surface area contributed by atoms with Gasteiger partial charge in [-0.15, -0.1) is 0 Å². The maximum Gasteiger partial charge on any atom is 0.242 e. The summed E-state index contributed by atoms with van der Waals surface area (Å²) in [5.41, 5.74) is 3.69. The first-order valence-corrected chi connectivity index (χ1v) is 10.3. The van der Waals surface area contributed by atoms with Crippen molar-refractivity contribution >= 4 is 40.1 Å². The van der Waals surface area contributed by atoms with Crippen LogP contribution >= 0.6 is 11.8 Å². The van der Waals surface area contributed by atoms with Gasteiger partial charge in [0, 0.05) is 18.7 Å². The van der Waals surface area contributed by atoms with Gasteiger partial charge in [0.05, 0.1) is 5.69 Å². The fourth-order valence-corrected chi connectivity index (χ4v) is 4.19. The third kappa shape index (κ3) is 4.81. The van der Waals surface area contributed by atoms with Gasteiger partial charge in [0.15, 0.2) is 5.17 Å². The maximum atomic E-state index is 12.8. The highest BCUT2D eigenvalue weighted by molar-refractivity contribution is 8.15. The molecule has 0 unspecified atom stereocenters. The second-order valence-corrected chi connectivity index (χ2v) is 8.07. The molecule has 2 amide bonds. The molecule has 0 aromatic heterocycles. The normalized spacial score (nSPS) is 18.0.